The molecule has 122 valence electrons. The van der Waals surface area contributed by atoms with Gasteiger partial charge in [0.1, 0.15) is 12.7 Å². The number of methoxy groups -OCH3 is 1. The number of aliphatic hydroxyl groups is 1. The second-order valence-electron chi connectivity index (χ2n) is 4.19. The average Bonchev–Trinajstić information content (AvgIpc) is 2.77. The van der Waals surface area contributed by atoms with E-state index in [4.69, 9.17) is 16.3 Å². The summed E-state index contributed by atoms with van der Waals surface area (Å²) in [5.41, 5.74) is 0.147. The summed E-state index contributed by atoms with van der Waals surface area (Å²) < 4.78 is 59.8. The van der Waals surface area contributed by atoms with Crippen molar-refractivity contribution in [1.82, 2.24) is 9.78 Å². The van der Waals surface area contributed by atoms with E-state index in [1.54, 1.807) is 0 Å². The van der Waals surface area contributed by atoms with Crippen LogP contribution in [0.5, 0.6) is 0 Å². The first-order valence-corrected chi connectivity index (χ1v) is 6.29. The molecule has 0 aromatic carbocycles. The van der Waals surface area contributed by atoms with E-state index >= 15 is 0 Å². The van der Waals surface area contributed by atoms with Crippen molar-refractivity contribution in [2.24, 2.45) is 0 Å². The van der Waals surface area contributed by atoms with E-state index in [-0.39, 0.29) is 17.3 Å². The molecule has 0 aliphatic carbocycles. The number of nitrogens with zero attached hydrogens (tertiary/aromatic N) is 2. The molecule has 1 aromatic heterocycles. The smallest absolute Gasteiger partial charge is 0.330 e. The lowest BCUT2D eigenvalue weighted by atomic mass is 10.2. The maximum absolute atomic E-state index is 12.6. The molecular formula is C11H15ClF4N2O3. The molecule has 1 unspecified atom stereocenters. The van der Waals surface area contributed by atoms with Gasteiger partial charge in [0.25, 0.3) is 0 Å². The van der Waals surface area contributed by atoms with E-state index in [2.05, 4.69) is 9.84 Å². The zero-order valence-electron chi connectivity index (χ0n) is 11.1. The van der Waals surface area contributed by atoms with Crippen LogP contribution in [-0.4, -0.2) is 54.2 Å². The monoisotopic (exact) mass is 334 g/mol. The normalized spacial score (nSPS) is 13.9. The van der Waals surface area contributed by atoms with Crippen LogP contribution in [0.3, 0.4) is 0 Å². The van der Waals surface area contributed by atoms with Gasteiger partial charge in [-0.25, -0.2) is 8.78 Å². The lowest BCUT2D eigenvalue weighted by Crippen LogP contribution is -2.33. The number of ether oxygens (including phenoxy) is 2. The van der Waals surface area contributed by atoms with Crippen molar-refractivity contribution in [3.8, 4) is 0 Å². The first-order valence-electron chi connectivity index (χ1n) is 5.91. The lowest BCUT2D eigenvalue weighted by Gasteiger charge is -2.18. The molecule has 1 aromatic rings. The number of rotatable bonds is 9. The molecule has 10 heteroatoms. The molecule has 0 aliphatic rings. The summed E-state index contributed by atoms with van der Waals surface area (Å²) in [7, 11) is 1.47. The summed E-state index contributed by atoms with van der Waals surface area (Å²) in [6.07, 6.45) is -3.93. The molecule has 0 bridgehead atoms. The second-order valence-corrected chi connectivity index (χ2v) is 4.59. The summed E-state index contributed by atoms with van der Waals surface area (Å²) in [6, 6.07) is 0. The fraction of sp³-hybridized carbons (Fsp3) is 0.727. The van der Waals surface area contributed by atoms with Crippen LogP contribution in [0.15, 0.2) is 6.20 Å². The van der Waals surface area contributed by atoms with Crippen molar-refractivity contribution in [3.63, 3.8) is 0 Å². The van der Waals surface area contributed by atoms with Gasteiger partial charge >= 0.3 is 12.3 Å². The quantitative estimate of drug-likeness (QED) is 0.703. The molecule has 0 saturated heterocycles. The van der Waals surface area contributed by atoms with Crippen molar-refractivity contribution in [2.45, 2.75) is 25.0 Å². The third kappa shape index (κ3) is 5.10. The van der Waals surface area contributed by atoms with E-state index in [0.29, 0.717) is 6.61 Å². The summed E-state index contributed by atoms with van der Waals surface area (Å²) in [5, 5.41) is 13.9. The van der Waals surface area contributed by atoms with Crippen LogP contribution in [0.25, 0.3) is 0 Å². The predicted octanol–water partition coefficient (Wildman–Crippen LogP) is 2.13. The van der Waals surface area contributed by atoms with Crippen LogP contribution in [0.2, 0.25) is 5.02 Å². The van der Waals surface area contributed by atoms with Crippen LogP contribution in [0.1, 0.15) is 11.8 Å². The van der Waals surface area contributed by atoms with Gasteiger partial charge in [-0.1, -0.05) is 11.6 Å². The molecule has 0 spiro atoms. The Balaban J connectivity index is 2.59. The van der Waals surface area contributed by atoms with Crippen LogP contribution in [-0.2, 0) is 16.0 Å². The largest absolute Gasteiger partial charge is 0.384 e. The van der Waals surface area contributed by atoms with Gasteiger partial charge in [-0.05, 0) is 0 Å². The molecule has 0 amide bonds. The van der Waals surface area contributed by atoms with Crippen molar-refractivity contribution in [2.75, 3.05) is 26.9 Å². The van der Waals surface area contributed by atoms with Crippen LogP contribution >= 0.6 is 11.6 Å². The van der Waals surface area contributed by atoms with E-state index in [1.807, 2.05) is 0 Å². The molecule has 0 aliphatic heterocycles. The van der Waals surface area contributed by atoms with Crippen molar-refractivity contribution in [3.05, 3.63) is 16.9 Å². The van der Waals surface area contributed by atoms with Gasteiger partial charge in [0.2, 0.25) is 0 Å². The molecule has 0 saturated carbocycles. The van der Waals surface area contributed by atoms with Crippen molar-refractivity contribution >= 4 is 11.6 Å². The minimum absolute atomic E-state index is 0.114. The van der Waals surface area contributed by atoms with Gasteiger partial charge in [-0.3, -0.25) is 4.68 Å². The Labute approximate surface area is 123 Å². The minimum Gasteiger partial charge on any atom is -0.384 e. The second kappa shape index (κ2) is 7.92. The number of hydrogen-bond donors (Lipinski definition) is 1. The third-order valence-electron chi connectivity index (χ3n) is 2.55. The summed E-state index contributed by atoms with van der Waals surface area (Å²) in [6.45, 7) is -1.53. The van der Waals surface area contributed by atoms with Gasteiger partial charge in [-0.15, -0.1) is 0 Å². The van der Waals surface area contributed by atoms with E-state index in [9.17, 15) is 22.7 Å². The Kier molecular flexibility index (Phi) is 6.85. The molecule has 21 heavy (non-hydrogen) atoms. The molecule has 1 rings (SSSR count). The zero-order chi connectivity index (χ0) is 16.0. The van der Waals surface area contributed by atoms with Gasteiger partial charge < -0.3 is 14.6 Å². The van der Waals surface area contributed by atoms with Gasteiger partial charge in [0, 0.05) is 7.11 Å². The Hall–Kier alpha value is -0.900. The number of hydrogen-bond acceptors (Lipinski definition) is 4. The number of aliphatic hydroxyl groups excluding tert-OH is 1. The number of alkyl halides is 4. The van der Waals surface area contributed by atoms with Gasteiger partial charge in [-0.2, -0.15) is 13.9 Å². The lowest BCUT2D eigenvalue weighted by molar-refractivity contribution is -0.171. The zero-order valence-corrected chi connectivity index (χ0v) is 11.9. The molecule has 1 N–H and O–H groups in total. The maximum Gasteiger partial charge on any atom is 0.330 e. The van der Waals surface area contributed by atoms with Crippen LogP contribution in [0, 0.1) is 0 Å². The highest BCUT2D eigenvalue weighted by Gasteiger charge is 2.41. The van der Waals surface area contributed by atoms with Crippen molar-refractivity contribution < 1.29 is 32.1 Å². The van der Waals surface area contributed by atoms with E-state index in [1.165, 1.54) is 18.0 Å². The fourth-order valence-electron chi connectivity index (χ4n) is 1.51. The van der Waals surface area contributed by atoms with E-state index in [0.717, 1.165) is 0 Å². The maximum atomic E-state index is 12.6. The highest BCUT2D eigenvalue weighted by Crippen LogP contribution is 2.26. The molecule has 0 radical (unpaired) electrons. The summed E-state index contributed by atoms with van der Waals surface area (Å²) in [4.78, 5) is 0. The molecule has 0 fully saturated rings. The van der Waals surface area contributed by atoms with Gasteiger partial charge in [0.05, 0.1) is 36.7 Å². The summed E-state index contributed by atoms with van der Waals surface area (Å²) in [5.74, 6) is -4.26. The Morgan fingerprint density at radius 3 is 2.71 bits per heavy atom. The topological polar surface area (TPSA) is 56.5 Å². The first-order chi connectivity index (χ1) is 9.79. The van der Waals surface area contributed by atoms with Crippen LogP contribution < -0.4 is 0 Å². The summed E-state index contributed by atoms with van der Waals surface area (Å²) >= 11 is 5.83. The van der Waals surface area contributed by atoms with Crippen LogP contribution in [0.4, 0.5) is 17.6 Å². The minimum atomic E-state index is -4.26. The number of aromatic nitrogens is 2. The Bertz CT molecular complexity index is 445. The first kappa shape index (κ1) is 18.1. The van der Waals surface area contributed by atoms with Gasteiger partial charge in [0.15, 0.2) is 0 Å². The highest BCUT2D eigenvalue weighted by molar-refractivity contribution is 6.31. The number of halogens is 5. The Morgan fingerprint density at radius 2 is 2.14 bits per heavy atom. The average molecular weight is 335 g/mol. The predicted molar refractivity (Wildman–Crippen MR) is 65.8 cm³/mol. The highest BCUT2D eigenvalue weighted by atomic mass is 35.5. The molecule has 1 atom stereocenters. The molecular weight excluding hydrogens is 320 g/mol. The third-order valence-corrected chi connectivity index (χ3v) is 2.84. The fourth-order valence-corrected chi connectivity index (χ4v) is 1.77. The van der Waals surface area contributed by atoms with Crippen molar-refractivity contribution in [1.29, 1.82) is 0 Å². The molecule has 5 nitrogen and oxygen atoms in total. The van der Waals surface area contributed by atoms with E-state index < -0.39 is 31.7 Å². The SMILES string of the molecule is COCCn1ncc(Cl)c1C(O)COCC(F)(F)C(F)F. The Morgan fingerprint density at radius 1 is 1.48 bits per heavy atom. The molecule has 1 heterocycles. The standard InChI is InChI=1S/C11H15ClF4N2O3/c1-20-3-2-18-9(7(12)4-17-18)8(19)5-21-6-11(15,16)10(13)14/h4,8,10,19H,2-3,5-6H2,1H3.